The maximum atomic E-state index is 12.7. The summed E-state index contributed by atoms with van der Waals surface area (Å²) in [6.45, 7) is 4.04. The van der Waals surface area contributed by atoms with E-state index in [1.54, 1.807) is 44.6 Å². The Hall–Kier alpha value is -2.73. The Kier molecular flexibility index (Phi) is 4.46. The average molecular weight is 384 g/mol. The molecule has 0 aromatic heterocycles. The van der Waals surface area contributed by atoms with Crippen LogP contribution in [-0.2, 0) is 19.0 Å². The molecular formula is C22H24O6. The molecular weight excluding hydrogens is 360 g/mol. The number of carbonyl (C=O) groups excluding carboxylic acids is 1. The van der Waals surface area contributed by atoms with E-state index in [9.17, 15) is 9.90 Å². The summed E-state index contributed by atoms with van der Waals surface area (Å²) < 4.78 is 22.6. The van der Waals surface area contributed by atoms with Gasteiger partial charge in [-0.05, 0) is 44.4 Å². The predicted molar refractivity (Wildman–Crippen MR) is 102 cm³/mol. The Labute approximate surface area is 164 Å². The fraction of sp³-hybridized carbons (Fsp3) is 0.409. The molecule has 4 rings (SSSR count). The summed E-state index contributed by atoms with van der Waals surface area (Å²) in [5, 5.41) is 11.1. The number of allylic oxidation sites excluding steroid dienone is 1. The minimum Gasteiger partial charge on any atom is -0.510 e. The molecule has 0 spiro atoms. The number of methoxy groups -OCH3 is 2. The molecule has 28 heavy (non-hydrogen) atoms. The van der Waals surface area contributed by atoms with Crippen LogP contribution in [0.1, 0.15) is 38.2 Å². The summed E-state index contributed by atoms with van der Waals surface area (Å²) in [6, 6.07) is 6.99. The van der Waals surface area contributed by atoms with Crippen molar-refractivity contribution in [2.75, 3.05) is 14.2 Å². The molecule has 0 amide bonds. The predicted octanol–water partition coefficient (Wildman–Crippen LogP) is 3.90. The molecule has 0 bridgehead atoms. The molecule has 2 unspecified atom stereocenters. The highest BCUT2D eigenvalue weighted by Crippen LogP contribution is 2.46. The third-order valence-electron chi connectivity index (χ3n) is 5.49. The van der Waals surface area contributed by atoms with Gasteiger partial charge in [0.15, 0.2) is 0 Å². The van der Waals surface area contributed by atoms with Crippen LogP contribution in [0.5, 0.6) is 5.75 Å². The Morgan fingerprint density at radius 2 is 1.89 bits per heavy atom. The Balaban J connectivity index is 1.79. The number of carbonyl (C=O) groups is 1. The van der Waals surface area contributed by atoms with Gasteiger partial charge in [0.25, 0.3) is 0 Å². The van der Waals surface area contributed by atoms with Crippen LogP contribution in [0.3, 0.4) is 0 Å². The van der Waals surface area contributed by atoms with E-state index >= 15 is 0 Å². The zero-order chi connectivity index (χ0) is 20.1. The van der Waals surface area contributed by atoms with Crippen LogP contribution in [-0.4, -0.2) is 37.0 Å². The van der Waals surface area contributed by atoms with Gasteiger partial charge in [0, 0.05) is 18.8 Å². The first kappa shape index (κ1) is 18.6. The normalized spacial score (nSPS) is 26.0. The van der Waals surface area contributed by atoms with Crippen molar-refractivity contribution in [3.05, 3.63) is 64.3 Å². The number of esters is 1. The fourth-order valence-electron chi connectivity index (χ4n) is 3.99. The Bertz CT molecular complexity index is 903. The van der Waals surface area contributed by atoms with E-state index in [0.29, 0.717) is 22.6 Å². The lowest BCUT2D eigenvalue weighted by Gasteiger charge is -2.40. The van der Waals surface area contributed by atoms with Crippen molar-refractivity contribution in [2.24, 2.45) is 0 Å². The standard InChI is InChI=1S/C22H24O6/c1-22(2)10-9-14-15(28-22)11-16-18(20(14)26-4)19(23)17(21(24)27-16)12-5-7-13(25-3)8-6-12/h5-8,11,17,20,23H,9-10H2,1-4H3. The van der Waals surface area contributed by atoms with Gasteiger partial charge in [0.2, 0.25) is 0 Å². The lowest BCUT2D eigenvalue weighted by atomic mass is 9.81. The maximum Gasteiger partial charge on any atom is 0.326 e. The van der Waals surface area contributed by atoms with Gasteiger partial charge in [-0.2, -0.15) is 0 Å². The lowest BCUT2D eigenvalue weighted by Crippen LogP contribution is -2.38. The van der Waals surface area contributed by atoms with Crippen molar-refractivity contribution in [3.63, 3.8) is 0 Å². The third kappa shape index (κ3) is 2.98. The molecule has 0 saturated heterocycles. The van der Waals surface area contributed by atoms with Crippen LogP contribution in [0.4, 0.5) is 0 Å². The van der Waals surface area contributed by atoms with Gasteiger partial charge in [-0.15, -0.1) is 0 Å². The SMILES string of the molecule is COc1ccc(C2C(=O)OC3=CC4=C(CCC(C)(C)O4)C(OC)C3=C2O)cc1. The van der Waals surface area contributed by atoms with Gasteiger partial charge in [-0.25, -0.2) is 0 Å². The van der Waals surface area contributed by atoms with Gasteiger partial charge in [-0.3, -0.25) is 4.79 Å². The molecule has 1 aromatic rings. The van der Waals surface area contributed by atoms with Gasteiger partial charge < -0.3 is 24.1 Å². The van der Waals surface area contributed by atoms with Gasteiger partial charge in [-0.1, -0.05) is 12.1 Å². The van der Waals surface area contributed by atoms with E-state index in [1.807, 2.05) is 13.8 Å². The van der Waals surface area contributed by atoms with E-state index in [2.05, 4.69) is 0 Å². The molecule has 2 heterocycles. The number of rotatable bonds is 3. The summed E-state index contributed by atoms with van der Waals surface area (Å²) in [6.07, 6.45) is 2.80. The summed E-state index contributed by atoms with van der Waals surface area (Å²) in [5.41, 5.74) is 1.77. The van der Waals surface area contributed by atoms with Crippen molar-refractivity contribution < 1.29 is 28.8 Å². The monoisotopic (exact) mass is 384 g/mol. The molecule has 1 aromatic carbocycles. The Morgan fingerprint density at radius 1 is 1.18 bits per heavy atom. The van der Waals surface area contributed by atoms with E-state index < -0.39 is 18.0 Å². The first-order valence-electron chi connectivity index (χ1n) is 9.30. The smallest absolute Gasteiger partial charge is 0.326 e. The molecule has 2 aliphatic heterocycles. The number of benzene rings is 1. The van der Waals surface area contributed by atoms with E-state index in [-0.39, 0.29) is 17.1 Å². The summed E-state index contributed by atoms with van der Waals surface area (Å²) in [5.74, 6) is 0.132. The minimum absolute atomic E-state index is 0.0455. The van der Waals surface area contributed by atoms with E-state index in [1.165, 1.54) is 0 Å². The van der Waals surface area contributed by atoms with E-state index in [4.69, 9.17) is 18.9 Å². The highest BCUT2D eigenvalue weighted by molar-refractivity contribution is 5.85. The zero-order valence-corrected chi connectivity index (χ0v) is 16.4. The second kappa shape index (κ2) is 6.71. The lowest BCUT2D eigenvalue weighted by molar-refractivity contribution is -0.142. The maximum absolute atomic E-state index is 12.7. The number of aliphatic hydroxyl groups is 1. The number of hydrogen-bond acceptors (Lipinski definition) is 6. The van der Waals surface area contributed by atoms with Crippen LogP contribution < -0.4 is 4.74 Å². The van der Waals surface area contributed by atoms with Gasteiger partial charge in [0.1, 0.15) is 40.6 Å². The molecule has 148 valence electrons. The molecule has 6 heteroatoms. The second-order valence-corrected chi connectivity index (χ2v) is 7.80. The van der Waals surface area contributed by atoms with Gasteiger partial charge >= 0.3 is 5.97 Å². The highest BCUT2D eigenvalue weighted by atomic mass is 16.5. The van der Waals surface area contributed by atoms with Crippen molar-refractivity contribution in [1.29, 1.82) is 0 Å². The van der Waals surface area contributed by atoms with E-state index in [0.717, 1.165) is 18.4 Å². The number of fused-ring (bicyclic) bond motifs is 1. The molecule has 3 aliphatic rings. The quantitative estimate of drug-likeness (QED) is 0.797. The molecule has 1 aliphatic carbocycles. The number of ether oxygens (including phenoxy) is 4. The van der Waals surface area contributed by atoms with Gasteiger partial charge in [0.05, 0.1) is 12.7 Å². The van der Waals surface area contributed by atoms with Crippen LogP contribution >= 0.6 is 0 Å². The van der Waals surface area contributed by atoms with Crippen molar-refractivity contribution in [2.45, 2.75) is 44.3 Å². The van der Waals surface area contributed by atoms with Crippen molar-refractivity contribution in [1.82, 2.24) is 0 Å². The molecule has 0 fully saturated rings. The highest BCUT2D eigenvalue weighted by Gasteiger charge is 2.45. The first-order chi connectivity index (χ1) is 13.3. The summed E-state index contributed by atoms with van der Waals surface area (Å²) in [7, 11) is 3.15. The molecule has 0 radical (unpaired) electrons. The summed E-state index contributed by atoms with van der Waals surface area (Å²) in [4.78, 5) is 12.7. The minimum atomic E-state index is -0.904. The first-order valence-corrected chi connectivity index (χ1v) is 9.30. The topological polar surface area (TPSA) is 74.2 Å². The molecule has 6 nitrogen and oxygen atoms in total. The molecule has 2 atom stereocenters. The largest absolute Gasteiger partial charge is 0.510 e. The molecule has 0 saturated carbocycles. The van der Waals surface area contributed by atoms with Crippen molar-refractivity contribution >= 4 is 5.97 Å². The molecule has 1 N–H and O–H groups in total. The van der Waals surface area contributed by atoms with Crippen LogP contribution in [0.25, 0.3) is 0 Å². The number of aliphatic hydroxyl groups excluding tert-OH is 1. The average Bonchev–Trinajstić information content (AvgIpc) is 2.66. The van der Waals surface area contributed by atoms with Crippen LogP contribution in [0, 0.1) is 0 Å². The number of hydrogen-bond donors (Lipinski definition) is 1. The Morgan fingerprint density at radius 3 is 2.54 bits per heavy atom. The van der Waals surface area contributed by atoms with Crippen LogP contribution in [0.2, 0.25) is 0 Å². The van der Waals surface area contributed by atoms with Crippen molar-refractivity contribution in [3.8, 4) is 5.75 Å². The second-order valence-electron chi connectivity index (χ2n) is 7.80. The zero-order valence-electron chi connectivity index (χ0n) is 16.4. The third-order valence-corrected chi connectivity index (χ3v) is 5.49. The van der Waals surface area contributed by atoms with Crippen LogP contribution in [0.15, 0.2) is 58.8 Å². The fourth-order valence-corrected chi connectivity index (χ4v) is 3.99. The summed E-state index contributed by atoms with van der Waals surface area (Å²) >= 11 is 0.